The highest BCUT2D eigenvalue weighted by Crippen LogP contribution is 2.21. The first-order valence-electron chi connectivity index (χ1n) is 8.74. The highest BCUT2D eigenvalue weighted by molar-refractivity contribution is 7.89. The van der Waals surface area contributed by atoms with Crippen molar-refractivity contribution in [3.8, 4) is 0 Å². The number of benzene rings is 2. The molecule has 4 N–H and O–H groups in total. The standard InChI is InChI=1S/C19H24N4O3S.2ClH/c1-14-2-4-15(5-3-14)18(20)19(24)23-12-10-22(11-13-23)16-6-8-17(9-7-16)27(21,25)26;;/h2-9,18H,10-13,20H2,1H3,(H2,21,25,26);2*1H. The molecule has 3 rings (SSSR count). The van der Waals surface area contributed by atoms with Gasteiger partial charge < -0.3 is 15.5 Å². The molecule has 0 spiro atoms. The summed E-state index contributed by atoms with van der Waals surface area (Å²) in [6.45, 7) is 4.43. The predicted molar refractivity (Wildman–Crippen MR) is 119 cm³/mol. The third-order valence-corrected chi connectivity index (χ3v) is 5.75. The van der Waals surface area contributed by atoms with E-state index in [0.717, 1.165) is 16.8 Å². The molecule has 1 atom stereocenters. The lowest BCUT2D eigenvalue weighted by Gasteiger charge is -2.37. The lowest BCUT2D eigenvalue weighted by Crippen LogP contribution is -2.51. The van der Waals surface area contributed by atoms with Crippen LogP contribution in [0.15, 0.2) is 53.4 Å². The molecule has 1 saturated heterocycles. The number of amides is 1. The van der Waals surface area contributed by atoms with Crippen LogP contribution in [0.4, 0.5) is 5.69 Å². The van der Waals surface area contributed by atoms with Crippen LogP contribution in [0.2, 0.25) is 0 Å². The van der Waals surface area contributed by atoms with Crippen molar-refractivity contribution in [2.24, 2.45) is 10.9 Å². The number of sulfonamides is 1. The minimum Gasteiger partial charge on any atom is -0.368 e. The van der Waals surface area contributed by atoms with Gasteiger partial charge in [0, 0.05) is 31.9 Å². The van der Waals surface area contributed by atoms with E-state index in [4.69, 9.17) is 10.9 Å². The number of nitrogens with two attached hydrogens (primary N) is 2. The minimum atomic E-state index is -3.69. The molecule has 0 radical (unpaired) electrons. The molecule has 1 unspecified atom stereocenters. The largest absolute Gasteiger partial charge is 0.368 e. The molecule has 29 heavy (non-hydrogen) atoms. The van der Waals surface area contributed by atoms with Crippen LogP contribution in [0.5, 0.6) is 0 Å². The number of nitrogens with zero attached hydrogens (tertiary/aromatic N) is 2. The van der Waals surface area contributed by atoms with Crippen LogP contribution in [0, 0.1) is 6.92 Å². The van der Waals surface area contributed by atoms with Gasteiger partial charge in [0.15, 0.2) is 0 Å². The fourth-order valence-corrected chi connectivity index (χ4v) is 3.66. The Morgan fingerprint density at radius 1 is 0.931 bits per heavy atom. The van der Waals surface area contributed by atoms with Crippen LogP contribution < -0.4 is 15.8 Å². The summed E-state index contributed by atoms with van der Waals surface area (Å²) in [5.74, 6) is -0.0805. The second-order valence-electron chi connectivity index (χ2n) is 6.74. The van der Waals surface area contributed by atoms with Gasteiger partial charge in [-0.25, -0.2) is 13.6 Å². The second-order valence-corrected chi connectivity index (χ2v) is 8.30. The molecule has 10 heteroatoms. The molecule has 7 nitrogen and oxygen atoms in total. The Morgan fingerprint density at radius 2 is 1.45 bits per heavy atom. The van der Waals surface area contributed by atoms with Crippen LogP contribution in [-0.2, 0) is 14.8 Å². The zero-order valence-corrected chi connectivity index (χ0v) is 18.5. The summed E-state index contributed by atoms with van der Waals surface area (Å²) >= 11 is 0. The van der Waals surface area contributed by atoms with Gasteiger partial charge in [-0.2, -0.15) is 0 Å². The SMILES string of the molecule is Cc1ccc(C(N)C(=O)N2CCN(c3ccc(S(N)(=O)=O)cc3)CC2)cc1.Cl.Cl. The maximum absolute atomic E-state index is 12.7. The number of carbonyl (C=O) groups excluding carboxylic acids is 1. The third kappa shape index (κ3) is 6.07. The van der Waals surface area contributed by atoms with Crippen LogP contribution in [0.3, 0.4) is 0 Å². The Morgan fingerprint density at radius 3 is 1.93 bits per heavy atom. The van der Waals surface area contributed by atoms with E-state index in [1.807, 2.05) is 31.2 Å². The lowest BCUT2D eigenvalue weighted by atomic mass is 10.0. The summed E-state index contributed by atoms with van der Waals surface area (Å²) in [6.07, 6.45) is 0. The quantitative estimate of drug-likeness (QED) is 0.722. The van der Waals surface area contributed by atoms with Gasteiger partial charge in [0.2, 0.25) is 15.9 Å². The number of carbonyl (C=O) groups is 1. The van der Waals surface area contributed by atoms with E-state index in [0.29, 0.717) is 26.2 Å². The Labute approximate surface area is 183 Å². The van der Waals surface area contributed by atoms with E-state index >= 15 is 0 Å². The van der Waals surface area contributed by atoms with Gasteiger partial charge in [0.1, 0.15) is 6.04 Å². The van der Waals surface area contributed by atoms with E-state index in [1.165, 1.54) is 12.1 Å². The van der Waals surface area contributed by atoms with E-state index in [2.05, 4.69) is 4.90 Å². The Hall–Kier alpha value is -1.84. The molecule has 2 aromatic carbocycles. The number of rotatable bonds is 4. The zero-order valence-electron chi connectivity index (χ0n) is 16.0. The number of aryl methyl sites for hydroxylation is 1. The molecular formula is C19H26Cl2N4O3S. The van der Waals surface area contributed by atoms with Crippen molar-refractivity contribution < 1.29 is 13.2 Å². The van der Waals surface area contributed by atoms with Gasteiger partial charge in [-0.1, -0.05) is 29.8 Å². The van der Waals surface area contributed by atoms with Gasteiger partial charge >= 0.3 is 0 Å². The van der Waals surface area contributed by atoms with Crippen molar-refractivity contribution in [1.82, 2.24) is 4.90 Å². The van der Waals surface area contributed by atoms with Gasteiger partial charge in [0.25, 0.3) is 0 Å². The monoisotopic (exact) mass is 460 g/mol. The number of halogens is 2. The average molecular weight is 461 g/mol. The Balaban J connectivity index is 0.00000210. The van der Waals surface area contributed by atoms with E-state index in [-0.39, 0.29) is 35.6 Å². The third-order valence-electron chi connectivity index (χ3n) is 4.82. The zero-order chi connectivity index (χ0) is 19.6. The van der Waals surface area contributed by atoms with Gasteiger partial charge in [-0.3, -0.25) is 4.79 Å². The first kappa shape index (κ1) is 25.2. The van der Waals surface area contributed by atoms with Crippen molar-refractivity contribution in [3.63, 3.8) is 0 Å². The summed E-state index contributed by atoms with van der Waals surface area (Å²) in [6, 6.07) is 13.5. The van der Waals surface area contributed by atoms with Crippen LogP contribution >= 0.6 is 24.8 Å². The van der Waals surface area contributed by atoms with Crippen molar-refractivity contribution >= 4 is 46.4 Å². The highest BCUT2D eigenvalue weighted by atomic mass is 35.5. The molecular weight excluding hydrogens is 435 g/mol. The molecule has 0 bridgehead atoms. The van der Waals surface area contributed by atoms with Crippen molar-refractivity contribution in [2.45, 2.75) is 17.9 Å². The fourth-order valence-electron chi connectivity index (χ4n) is 3.14. The summed E-state index contributed by atoms with van der Waals surface area (Å²) in [5.41, 5.74) is 8.99. The molecule has 2 aromatic rings. The number of piperazine rings is 1. The van der Waals surface area contributed by atoms with Crippen molar-refractivity contribution in [2.75, 3.05) is 31.1 Å². The van der Waals surface area contributed by atoms with E-state index in [9.17, 15) is 13.2 Å². The smallest absolute Gasteiger partial charge is 0.244 e. The van der Waals surface area contributed by atoms with Crippen molar-refractivity contribution in [1.29, 1.82) is 0 Å². The molecule has 0 aliphatic carbocycles. The average Bonchev–Trinajstić information content (AvgIpc) is 2.67. The molecule has 160 valence electrons. The van der Waals surface area contributed by atoms with Gasteiger partial charge in [0.05, 0.1) is 4.90 Å². The van der Waals surface area contributed by atoms with Gasteiger partial charge in [-0.05, 0) is 36.8 Å². The Kier molecular flexibility index (Phi) is 8.92. The molecule has 1 aliphatic rings. The van der Waals surface area contributed by atoms with Crippen LogP contribution in [0.1, 0.15) is 17.2 Å². The number of primary sulfonamides is 1. The topological polar surface area (TPSA) is 110 Å². The number of hydrogen-bond donors (Lipinski definition) is 2. The molecule has 0 saturated carbocycles. The maximum Gasteiger partial charge on any atom is 0.244 e. The second kappa shape index (κ2) is 10.3. The Bertz CT molecular complexity index is 913. The number of anilines is 1. The molecule has 1 aliphatic heterocycles. The first-order chi connectivity index (χ1) is 12.8. The summed E-state index contributed by atoms with van der Waals surface area (Å²) in [7, 11) is -3.69. The number of hydrogen-bond acceptors (Lipinski definition) is 5. The maximum atomic E-state index is 12.7. The van der Waals surface area contributed by atoms with E-state index < -0.39 is 16.1 Å². The summed E-state index contributed by atoms with van der Waals surface area (Å²) in [5, 5.41) is 5.12. The normalized spacial score (nSPS) is 15.1. The minimum absolute atomic E-state index is 0. The lowest BCUT2D eigenvalue weighted by molar-refractivity contribution is -0.133. The summed E-state index contributed by atoms with van der Waals surface area (Å²) in [4.78, 5) is 16.7. The van der Waals surface area contributed by atoms with Crippen molar-refractivity contribution in [3.05, 3.63) is 59.7 Å². The first-order valence-corrected chi connectivity index (χ1v) is 10.3. The fraction of sp³-hybridized carbons (Fsp3) is 0.316. The molecule has 1 heterocycles. The van der Waals surface area contributed by atoms with E-state index in [1.54, 1.807) is 17.0 Å². The van der Waals surface area contributed by atoms with Gasteiger partial charge in [-0.15, -0.1) is 24.8 Å². The highest BCUT2D eigenvalue weighted by Gasteiger charge is 2.26. The predicted octanol–water partition coefficient (Wildman–Crippen LogP) is 1.83. The molecule has 1 amide bonds. The molecule has 0 aromatic heterocycles. The van der Waals surface area contributed by atoms with Crippen LogP contribution in [-0.4, -0.2) is 45.4 Å². The summed E-state index contributed by atoms with van der Waals surface area (Å²) < 4.78 is 22.7. The molecule has 1 fully saturated rings. The van der Waals surface area contributed by atoms with Crippen LogP contribution in [0.25, 0.3) is 0 Å².